The van der Waals surface area contributed by atoms with Crippen molar-refractivity contribution in [3.63, 3.8) is 0 Å². The number of ketones is 2. The predicted octanol–water partition coefficient (Wildman–Crippen LogP) is 1.59. The Morgan fingerprint density at radius 3 is 2.32 bits per heavy atom. The summed E-state index contributed by atoms with van der Waals surface area (Å²) in [6, 6.07) is 1.25. The minimum Gasteiger partial charge on any atom is -0.508 e. The van der Waals surface area contributed by atoms with Crippen LogP contribution in [0.25, 0.3) is 5.76 Å². The van der Waals surface area contributed by atoms with E-state index in [1.165, 1.54) is 38.1 Å². The van der Waals surface area contributed by atoms with Crippen molar-refractivity contribution in [2.24, 2.45) is 23.5 Å². The van der Waals surface area contributed by atoms with Crippen LogP contribution >= 0.6 is 0 Å². The van der Waals surface area contributed by atoms with Gasteiger partial charge in [-0.2, -0.15) is 0 Å². The van der Waals surface area contributed by atoms with Gasteiger partial charge in [0, 0.05) is 29.5 Å². The fraction of sp³-hybridized carbons (Fsp3) is 0.516. The number of anilines is 1. The summed E-state index contributed by atoms with van der Waals surface area (Å²) < 4.78 is 5.86. The second kappa shape index (κ2) is 11.0. The number of rotatable bonds is 6. The monoisotopic (exact) mass is 611 g/mol. The maximum Gasteiger partial charge on any atom is 0.305 e. The summed E-state index contributed by atoms with van der Waals surface area (Å²) in [5, 5.41) is 48.8. The quantitative estimate of drug-likeness (QED) is 0.154. The molecule has 2 amide bonds. The first-order valence-electron chi connectivity index (χ1n) is 14.7. The number of amides is 2. The number of phenols is 1. The standard InChI is InChI=1S/C31H37N3O10/c1-5-16(36)44-26-18-12(2)17-14(33-30(42)13-8-6-7-9-13)10-11-15(35)19(17)24(37)20(18)27(39)31(43)22(26)23(34(3)4)25(38)21(28(31)40)29(32)41/h10-13,18,22-23,26,35,37,40,43H,5-9H2,1-4H3,(H2,32,41)(H,33,42)/t12-,18+,22-,23-,26-,31+/m1/s1. The topological polar surface area (TPSA) is 217 Å². The van der Waals surface area contributed by atoms with Crippen LogP contribution < -0.4 is 11.1 Å². The number of nitrogens with zero attached hydrogens (tertiary/aromatic N) is 1. The van der Waals surface area contributed by atoms with E-state index in [1.54, 1.807) is 6.92 Å². The molecule has 0 heterocycles. The number of hydrogen-bond acceptors (Lipinski definition) is 11. The van der Waals surface area contributed by atoms with Crippen molar-refractivity contribution in [1.29, 1.82) is 0 Å². The van der Waals surface area contributed by atoms with E-state index in [0.717, 1.165) is 12.8 Å². The summed E-state index contributed by atoms with van der Waals surface area (Å²) >= 11 is 0. The van der Waals surface area contributed by atoms with Crippen molar-refractivity contribution in [1.82, 2.24) is 4.90 Å². The lowest BCUT2D eigenvalue weighted by atomic mass is 9.54. The number of primary amides is 1. The molecular formula is C31H37N3O10. The van der Waals surface area contributed by atoms with Gasteiger partial charge in [-0.05, 0) is 50.6 Å². The molecule has 7 N–H and O–H groups in total. The number of esters is 1. The van der Waals surface area contributed by atoms with Crippen LogP contribution in [0, 0.1) is 17.8 Å². The van der Waals surface area contributed by atoms with Crippen molar-refractivity contribution in [2.45, 2.75) is 69.6 Å². The van der Waals surface area contributed by atoms with Gasteiger partial charge in [-0.1, -0.05) is 26.7 Å². The van der Waals surface area contributed by atoms with Gasteiger partial charge in [-0.25, -0.2) is 0 Å². The molecule has 6 atom stereocenters. The lowest BCUT2D eigenvalue weighted by Crippen LogP contribution is -2.71. The number of carbonyl (C=O) groups is 5. The van der Waals surface area contributed by atoms with E-state index < -0.39 is 87.4 Å². The number of aliphatic hydroxyl groups excluding tert-OH is 2. The normalized spacial score (nSPS) is 30.2. The molecule has 2 saturated carbocycles. The number of nitrogens with two attached hydrogens (primary N) is 1. The van der Waals surface area contributed by atoms with Crippen LogP contribution in [0.1, 0.15) is 63.0 Å². The van der Waals surface area contributed by atoms with Gasteiger partial charge in [0.25, 0.3) is 5.91 Å². The summed E-state index contributed by atoms with van der Waals surface area (Å²) in [5.74, 6) is -11.0. The van der Waals surface area contributed by atoms with Crippen molar-refractivity contribution in [3.8, 4) is 5.75 Å². The first kappa shape index (κ1) is 31.2. The van der Waals surface area contributed by atoms with Crippen molar-refractivity contribution < 1.29 is 49.1 Å². The highest BCUT2D eigenvalue weighted by molar-refractivity contribution is 6.24. The molecule has 0 aliphatic heterocycles. The molecule has 2 fully saturated rings. The lowest BCUT2D eigenvalue weighted by Gasteiger charge is -2.54. The van der Waals surface area contributed by atoms with Crippen LogP contribution in [-0.2, 0) is 28.7 Å². The van der Waals surface area contributed by atoms with Crippen LogP contribution in [0.3, 0.4) is 0 Å². The van der Waals surface area contributed by atoms with E-state index in [9.17, 15) is 44.4 Å². The average molecular weight is 612 g/mol. The highest BCUT2D eigenvalue weighted by Crippen LogP contribution is 2.58. The van der Waals surface area contributed by atoms with E-state index in [4.69, 9.17) is 10.5 Å². The number of benzene rings is 1. The van der Waals surface area contributed by atoms with Gasteiger partial charge in [0.05, 0.1) is 17.5 Å². The van der Waals surface area contributed by atoms with Crippen LogP contribution in [-0.4, -0.2) is 86.5 Å². The lowest BCUT2D eigenvalue weighted by molar-refractivity contribution is -0.185. The molecule has 5 rings (SSSR count). The molecule has 1 aromatic carbocycles. The Morgan fingerprint density at radius 2 is 1.75 bits per heavy atom. The fourth-order valence-corrected chi connectivity index (χ4v) is 7.58. The molecular weight excluding hydrogens is 574 g/mol. The third kappa shape index (κ3) is 4.40. The highest BCUT2D eigenvalue weighted by Gasteiger charge is 2.69. The number of nitrogens with one attached hydrogen (secondary N) is 1. The van der Waals surface area contributed by atoms with E-state index >= 15 is 0 Å². The number of fused-ring (bicyclic) bond motifs is 3. The first-order chi connectivity index (χ1) is 20.7. The molecule has 4 aliphatic rings. The zero-order valence-corrected chi connectivity index (χ0v) is 24.9. The maximum absolute atomic E-state index is 14.3. The molecule has 0 aromatic heterocycles. The maximum atomic E-state index is 14.3. The number of hydrogen-bond donors (Lipinski definition) is 6. The highest BCUT2D eigenvalue weighted by atomic mass is 16.5. The Bertz CT molecular complexity index is 1540. The largest absolute Gasteiger partial charge is 0.508 e. The van der Waals surface area contributed by atoms with E-state index in [1.807, 2.05) is 0 Å². The number of Topliss-reactive ketones (excluding diaryl/α,β-unsaturated/α-hetero) is 2. The summed E-state index contributed by atoms with van der Waals surface area (Å²) in [7, 11) is 2.90. The zero-order valence-electron chi connectivity index (χ0n) is 24.9. The Hall–Kier alpha value is -4.23. The Balaban J connectivity index is 1.79. The predicted molar refractivity (Wildman–Crippen MR) is 155 cm³/mol. The molecule has 0 bridgehead atoms. The third-order valence-electron chi connectivity index (χ3n) is 9.62. The molecule has 236 valence electrons. The molecule has 13 heteroatoms. The number of likely N-dealkylation sites (N-methyl/N-ethyl adjacent to an activating group) is 1. The van der Waals surface area contributed by atoms with E-state index in [-0.39, 0.29) is 35.1 Å². The van der Waals surface area contributed by atoms with Gasteiger partial charge in [0.15, 0.2) is 11.4 Å². The van der Waals surface area contributed by atoms with Gasteiger partial charge in [0.1, 0.15) is 28.9 Å². The van der Waals surface area contributed by atoms with E-state index in [0.29, 0.717) is 12.8 Å². The van der Waals surface area contributed by atoms with Crippen molar-refractivity contribution >= 4 is 40.8 Å². The van der Waals surface area contributed by atoms with Gasteiger partial charge in [-0.15, -0.1) is 0 Å². The Labute approximate surface area is 253 Å². The molecule has 1 aromatic rings. The number of ether oxygens (including phenoxy) is 1. The SMILES string of the molecule is CCC(=O)O[C@@H]1[C@@H]2C(=C(O)c3c(O)ccc(NC(=O)C4CCCC4)c3[C@H]2C)C(=O)[C@]2(O)C(O)=C(C(N)=O)C(=O)[C@H](N(C)C)[C@H]12. The minimum absolute atomic E-state index is 0.128. The smallest absolute Gasteiger partial charge is 0.305 e. The molecule has 4 aliphatic carbocycles. The van der Waals surface area contributed by atoms with Gasteiger partial charge >= 0.3 is 5.97 Å². The summed E-state index contributed by atoms with van der Waals surface area (Å²) in [4.78, 5) is 67.6. The Morgan fingerprint density at radius 1 is 1.11 bits per heavy atom. The molecule has 0 spiro atoms. The second-order valence-electron chi connectivity index (χ2n) is 12.3. The summed E-state index contributed by atoms with van der Waals surface area (Å²) in [6.07, 6.45) is 1.62. The molecule has 13 nitrogen and oxygen atoms in total. The van der Waals surface area contributed by atoms with Crippen LogP contribution in [0.2, 0.25) is 0 Å². The molecule has 0 unspecified atom stereocenters. The van der Waals surface area contributed by atoms with Crippen LogP contribution in [0.4, 0.5) is 5.69 Å². The number of aromatic hydroxyl groups is 1. The first-order valence-corrected chi connectivity index (χ1v) is 14.7. The van der Waals surface area contributed by atoms with Crippen molar-refractivity contribution in [3.05, 3.63) is 40.2 Å². The van der Waals surface area contributed by atoms with E-state index in [2.05, 4.69) is 5.32 Å². The number of carbonyl (C=O) groups excluding carboxylic acids is 5. The summed E-state index contributed by atoms with van der Waals surface area (Å²) in [6.45, 7) is 3.16. The molecule has 44 heavy (non-hydrogen) atoms. The number of aliphatic hydroxyl groups is 3. The second-order valence-corrected chi connectivity index (χ2v) is 12.3. The molecule has 0 radical (unpaired) electrons. The molecule has 0 saturated heterocycles. The number of phenolic OH excluding ortho intramolecular Hbond substituents is 1. The van der Waals surface area contributed by atoms with Gasteiger partial charge in [0.2, 0.25) is 11.7 Å². The summed E-state index contributed by atoms with van der Waals surface area (Å²) in [5.41, 5.74) is 1.27. The van der Waals surface area contributed by atoms with Gasteiger partial charge in [-0.3, -0.25) is 28.9 Å². The third-order valence-corrected chi connectivity index (χ3v) is 9.62. The van der Waals surface area contributed by atoms with Gasteiger partial charge < -0.3 is 36.2 Å². The Kier molecular flexibility index (Phi) is 7.83. The average Bonchev–Trinajstić information content (AvgIpc) is 3.50. The fourth-order valence-electron chi connectivity index (χ4n) is 7.58. The zero-order chi connectivity index (χ0) is 32.4. The minimum atomic E-state index is -3.02. The van der Waals surface area contributed by atoms with Crippen LogP contribution in [0.5, 0.6) is 5.75 Å². The van der Waals surface area contributed by atoms with Crippen molar-refractivity contribution in [2.75, 3.05) is 19.4 Å². The van der Waals surface area contributed by atoms with Crippen LogP contribution in [0.15, 0.2) is 29.0 Å².